The number of carbonyl (C=O) groups is 4. The number of likely N-dealkylation sites (tertiary alicyclic amines) is 1. The minimum Gasteiger partial charge on any atom is -0.398 e. The molecular formula is C22H30N3O8P. The minimum absolute atomic E-state index is 0.0293. The highest BCUT2D eigenvalue weighted by atomic mass is 31.2. The van der Waals surface area contributed by atoms with Crippen LogP contribution in [0.2, 0.25) is 0 Å². The molecular weight excluding hydrogens is 465 g/mol. The number of phosphoric acid groups is 1. The van der Waals surface area contributed by atoms with Crippen LogP contribution in [-0.4, -0.2) is 57.4 Å². The average molecular weight is 495 g/mol. The monoisotopic (exact) mass is 495 g/mol. The summed E-state index contributed by atoms with van der Waals surface area (Å²) in [6.45, 7) is 9.16. The normalized spacial score (nSPS) is 19.8. The number of benzene rings is 1. The Labute approximate surface area is 198 Å². The summed E-state index contributed by atoms with van der Waals surface area (Å²) >= 11 is 0. The van der Waals surface area contributed by atoms with E-state index in [1.807, 2.05) is 0 Å². The van der Waals surface area contributed by atoms with Crippen molar-refractivity contribution in [3.8, 4) is 0 Å². The van der Waals surface area contributed by atoms with Gasteiger partial charge in [-0.3, -0.25) is 42.5 Å². The van der Waals surface area contributed by atoms with E-state index in [2.05, 4.69) is 0 Å². The first-order valence-electron chi connectivity index (χ1n) is 10.8. The Kier molecular flexibility index (Phi) is 6.80. The van der Waals surface area contributed by atoms with Crippen molar-refractivity contribution in [2.24, 2.45) is 0 Å². The van der Waals surface area contributed by atoms with Gasteiger partial charge in [0, 0.05) is 12.1 Å². The van der Waals surface area contributed by atoms with Crippen LogP contribution in [0.5, 0.6) is 0 Å². The summed E-state index contributed by atoms with van der Waals surface area (Å²) in [6, 6.07) is 3.24. The summed E-state index contributed by atoms with van der Waals surface area (Å²) in [5.41, 5.74) is 4.28. The third kappa shape index (κ3) is 5.38. The number of phosphoric ester groups is 1. The zero-order chi connectivity index (χ0) is 25.6. The first-order chi connectivity index (χ1) is 15.5. The first-order valence-corrected chi connectivity index (χ1v) is 12.3. The van der Waals surface area contributed by atoms with Crippen molar-refractivity contribution in [3.05, 3.63) is 29.3 Å². The number of nitrogens with zero attached hydrogens (tertiary/aromatic N) is 2. The van der Waals surface area contributed by atoms with Crippen molar-refractivity contribution in [2.45, 2.75) is 71.6 Å². The molecule has 2 aliphatic heterocycles. The fourth-order valence-corrected chi connectivity index (χ4v) is 5.42. The van der Waals surface area contributed by atoms with Gasteiger partial charge in [0.1, 0.15) is 12.8 Å². The molecule has 0 saturated carbocycles. The van der Waals surface area contributed by atoms with E-state index in [0.29, 0.717) is 4.90 Å². The van der Waals surface area contributed by atoms with Gasteiger partial charge in [-0.2, -0.15) is 0 Å². The number of carbonyl (C=O) groups excluding carboxylic acids is 4. The van der Waals surface area contributed by atoms with E-state index >= 15 is 0 Å². The van der Waals surface area contributed by atoms with Gasteiger partial charge in [-0.25, -0.2) is 4.57 Å². The molecule has 1 fully saturated rings. The third-order valence-electron chi connectivity index (χ3n) is 4.89. The highest BCUT2D eigenvalue weighted by molar-refractivity contribution is 7.48. The summed E-state index contributed by atoms with van der Waals surface area (Å²) in [6.07, 6.45) is -0.179. The first kappa shape index (κ1) is 26.0. The van der Waals surface area contributed by atoms with Crippen LogP contribution in [0, 0.1) is 0 Å². The molecule has 1 aromatic rings. The van der Waals surface area contributed by atoms with E-state index in [-0.39, 0.29) is 29.7 Å². The van der Waals surface area contributed by atoms with E-state index < -0.39 is 55.4 Å². The molecule has 2 N–H and O–H groups in total. The van der Waals surface area contributed by atoms with Crippen LogP contribution in [0.15, 0.2) is 18.2 Å². The summed E-state index contributed by atoms with van der Waals surface area (Å²) in [5, 5.41) is 0. The van der Waals surface area contributed by atoms with Crippen molar-refractivity contribution >= 4 is 37.1 Å². The van der Waals surface area contributed by atoms with Crippen LogP contribution in [0.3, 0.4) is 0 Å². The van der Waals surface area contributed by atoms with Crippen LogP contribution < -0.4 is 5.73 Å². The van der Waals surface area contributed by atoms with Gasteiger partial charge in [0.2, 0.25) is 5.91 Å². The molecule has 0 spiro atoms. The predicted octanol–water partition coefficient (Wildman–Crippen LogP) is 3.09. The van der Waals surface area contributed by atoms with Gasteiger partial charge in [-0.05, 0) is 60.1 Å². The standard InChI is InChI=1S/C22H30N3O8P/c1-21(2,3)32-34(30,33-22(4,5)6)31-12-24-16(26)11-10-15(19(24)28)25-18(27)13-8-7-9-14(23)17(13)20(25)29/h7-9,15H,10-12,23H2,1-6H3. The van der Waals surface area contributed by atoms with Crippen LogP contribution in [0.25, 0.3) is 0 Å². The number of imide groups is 2. The number of anilines is 1. The van der Waals surface area contributed by atoms with E-state index in [1.54, 1.807) is 41.5 Å². The van der Waals surface area contributed by atoms with Gasteiger partial charge < -0.3 is 5.73 Å². The lowest BCUT2D eigenvalue weighted by Crippen LogP contribution is -2.56. The second kappa shape index (κ2) is 8.88. The van der Waals surface area contributed by atoms with Gasteiger partial charge >= 0.3 is 7.82 Å². The molecule has 0 bridgehead atoms. The van der Waals surface area contributed by atoms with Crippen molar-refractivity contribution in [1.82, 2.24) is 9.80 Å². The smallest absolute Gasteiger partial charge is 0.398 e. The van der Waals surface area contributed by atoms with Crippen LogP contribution >= 0.6 is 7.82 Å². The Morgan fingerprint density at radius 1 is 1.00 bits per heavy atom. The molecule has 0 aromatic heterocycles. The number of hydrogen-bond acceptors (Lipinski definition) is 9. The summed E-state index contributed by atoms with van der Waals surface area (Å²) in [7, 11) is -4.22. The largest absolute Gasteiger partial charge is 0.477 e. The second-order valence-electron chi connectivity index (χ2n) is 10.1. The zero-order valence-corrected chi connectivity index (χ0v) is 21.0. The number of amides is 4. The van der Waals surface area contributed by atoms with Gasteiger partial charge in [-0.1, -0.05) is 6.07 Å². The SMILES string of the molecule is CC(C)(C)OP(=O)(OCN1C(=O)CCC(N2C(=O)c3cccc(N)c3C2=O)C1=O)OC(C)(C)C. The molecule has 2 aliphatic rings. The lowest BCUT2D eigenvalue weighted by atomic mass is 10.0. The Hall–Kier alpha value is -2.59. The molecule has 3 rings (SSSR count). The fraction of sp³-hybridized carbons (Fsp3) is 0.545. The molecule has 2 heterocycles. The average Bonchev–Trinajstić information content (AvgIpc) is 2.90. The van der Waals surface area contributed by atoms with E-state index in [4.69, 9.17) is 19.3 Å². The molecule has 12 heteroatoms. The Morgan fingerprint density at radius 3 is 2.12 bits per heavy atom. The lowest BCUT2D eigenvalue weighted by molar-refractivity contribution is -0.156. The highest BCUT2D eigenvalue weighted by Crippen LogP contribution is 2.55. The maximum absolute atomic E-state index is 13.3. The Morgan fingerprint density at radius 2 is 1.59 bits per heavy atom. The maximum Gasteiger partial charge on any atom is 0.477 e. The molecule has 34 heavy (non-hydrogen) atoms. The number of nitrogen functional groups attached to an aromatic ring is 1. The van der Waals surface area contributed by atoms with Gasteiger partial charge in [0.25, 0.3) is 17.7 Å². The van der Waals surface area contributed by atoms with Crippen molar-refractivity contribution in [2.75, 3.05) is 12.5 Å². The molecule has 0 aliphatic carbocycles. The molecule has 4 amide bonds. The van der Waals surface area contributed by atoms with Crippen LogP contribution in [-0.2, 0) is 27.7 Å². The number of rotatable bonds is 6. The zero-order valence-electron chi connectivity index (χ0n) is 20.1. The van der Waals surface area contributed by atoms with Gasteiger partial charge in [-0.15, -0.1) is 0 Å². The third-order valence-corrected chi connectivity index (χ3v) is 6.86. The number of nitrogens with two attached hydrogens (primary N) is 1. The van der Waals surface area contributed by atoms with Crippen molar-refractivity contribution < 1.29 is 37.3 Å². The molecule has 1 saturated heterocycles. The van der Waals surface area contributed by atoms with Crippen LogP contribution in [0.4, 0.5) is 5.69 Å². The molecule has 1 unspecified atom stereocenters. The summed E-state index contributed by atoms with van der Waals surface area (Å²) in [5.74, 6) is -2.80. The van der Waals surface area contributed by atoms with Gasteiger partial charge in [0.05, 0.1) is 22.3 Å². The molecule has 1 atom stereocenters. The molecule has 11 nitrogen and oxygen atoms in total. The quantitative estimate of drug-likeness (QED) is 0.357. The van der Waals surface area contributed by atoms with Crippen molar-refractivity contribution in [1.29, 1.82) is 0 Å². The number of fused-ring (bicyclic) bond motifs is 1. The molecule has 1 aromatic carbocycles. The number of hydrogen-bond donors (Lipinski definition) is 1. The Balaban J connectivity index is 1.82. The van der Waals surface area contributed by atoms with Gasteiger partial charge in [0.15, 0.2) is 0 Å². The predicted molar refractivity (Wildman–Crippen MR) is 121 cm³/mol. The molecule has 0 radical (unpaired) electrons. The second-order valence-corrected chi connectivity index (χ2v) is 11.6. The summed E-state index contributed by atoms with van der Waals surface area (Å²) in [4.78, 5) is 53.1. The topological polar surface area (TPSA) is 146 Å². The number of piperidine rings is 1. The fourth-order valence-electron chi connectivity index (χ4n) is 3.68. The minimum atomic E-state index is -4.22. The van der Waals surface area contributed by atoms with E-state index in [1.165, 1.54) is 18.2 Å². The van der Waals surface area contributed by atoms with E-state index in [9.17, 15) is 23.7 Å². The van der Waals surface area contributed by atoms with Crippen molar-refractivity contribution in [3.63, 3.8) is 0 Å². The Bertz CT molecular complexity index is 1070. The summed E-state index contributed by atoms with van der Waals surface area (Å²) < 4.78 is 29.7. The maximum atomic E-state index is 13.3. The van der Waals surface area contributed by atoms with E-state index in [0.717, 1.165) is 4.90 Å². The highest BCUT2D eigenvalue weighted by Gasteiger charge is 2.48. The van der Waals surface area contributed by atoms with Crippen LogP contribution in [0.1, 0.15) is 75.1 Å². The molecule has 186 valence electrons. The lowest BCUT2D eigenvalue weighted by Gasteiger charge is -2.36.